The fraction of sp³-hybridized carbons (Fsp3) is 0.130. The second kappa shape index (κ2) is 8.06. The summed E-state index contributed by atoms with van der Waals surface area (Å²) in [5.41, 5.74) is 11.0. The fourth-order valence-corrected chi connectivity index (χ4v) is 3.43. The summed E-state index contributed by atoms with van der Waals surface area (Å²) in [7, 11) is 1.66. The van der Waals surface area contributed by atoms with E-state index in [0.29, 0.717) is 5.95 Å². The Bertz CT molecular complexity index is 1090. The lowest BCUT2D eigenvalue weighted by Gasteiger charge is -2.17. The number of hydrogen-bond acceptors (Lipinski definition) is 5. The van der Waals surface area contributed by atoms with Gasteiger partial charge in [-0.1, -0.05) is 36.4 Å². The minimum absolute atomic E-state index is 0.0144. The first-order valence-electron chi connectivity index (χ1n) is 9.31. The minimum atomic E-state index is 0.0144. The van der Waals surface area contributed by atoms with E-state index >= 15 is 0 Å². The SMILES string of the molecule is COc1ccc(C(Cc2cccc(-c3ccc(O)nc3)c2)c2c[nH]c(N)n2)cc1. The van der Waals surface area contributed by atoms with Gasteiger partial charge >= 0.3 is 0 Å². The third-order valence-electron chi connectivity index (χ3n) is 4.94. The fourth-order valence-electron chi connectivity index (χ4n) is 3.43. The van der Waals surface area contributed by atoms with Crippen LogP contribution in [0.1, 0.15) is 22.7 Å². The van der Waals surface area contributed by atoms with E-state index in [9.17, 15) is 5.11 Å². The molecule has 6 nitrogen and oxygen atoms in total. The molecule has 0 aliphatic heterocycles. The van der Waals surface area contributed by atoms with Gasteiger partial charge in [-0.15, -0.1) is 0 Å². The predicted molar refractivity (Wildman–Crippen MR) is 113 cm³/mol. The Balaban J connectivity index is 1.67. The molecular weight excluding hydrogens is 364 g/mol. The van der Waals surface area contributed by atoms with Crippen molar-refractivity contribution in [2.75, 3.05) is 12.8 Å². The van der Waals surface area contributed by atoms with Gasteiger partial charge in [0.15, 0.2) is 5.95 Å². The number of aromatic hydroxyl groups is 1. The highest BCUT2D eigenvalue weighted by atomic mass is 16.5. The molecule has 4 N–H and O–H groups in total. The van der Waals surface area contributed by atoms with Gasteiger partial charge in [0.05, 0.1) is 12.8 Å². The quantitative estimate of drug-likeness (QED) is 0.463. The molecule has 2 aromatic heterocycles. The van der Waals surface area contributed by atoms with Gasteiger partial charge in [-0.3, -0.25) is 0 Å². The Kier molecular flexibility index (Phi) is 5.16. The number of nitrogen functional groups attached to an aromatic ring is 1. The number of imidazole rings is 1. The van der Waals surface area contributed by atoms with Crippen LogP contribution in [0.15, 0.2) is 73.1 Å². The van der Waals surface area contributed by atoms with Crippen LogP contribution in [0.3, 0.4) is 0 Å². The van der Waals surface area contributed by atoms with Crippen molar-refractivity contribution in [2.24, 2.45) is 0 Å². The number of hydrogen-bond donors (Lipinski definition) is 3. The molecule has 0 spiro atoms. The molecule has 0 radical (unpaired) electrons. The first kappa shape index (κ1) is 18.6. The summed E-state index contributed by atoms with van der Waals surface area (Å²) in [4.78, 5) is 11.4. The van der Waals surface area contributed by atoms with Crippen molar-refractivity contribution in [1.29, 1.82) is 0 Å². The maximum Gasteiger partial charge on any atom is 0.210 e. The lowest BCUT2D eigenvalue weighted by molar-refractivity contribution is 0.414. The number of benzene rings is 2. The smallest absolute Gasteiger partial charge is 0.210 e. The maximum atomic E-state index is 9.43. The molecule has 0 aliphatic carbocycles. The van der Waals surface area contributed by atoms with Crippen LogP contribution in [0.4, 0.5) is 5.95 Å². The van der Waals surface area contributed by atoms with E-state index in [1.807, 2.05) is 36.5 Å². The van der Waals surface area contributed by atoms with Gasteiger partial charge in [-0.2, -0.15) is 0 Å². The highest BCUT2D eigenvalue weighted by molar-refractivity contribution is 5.63. The molecule has 2 aromatic carbocycles. The zero-order valence-corrected chi connectivity index (χ0v) is 16.0. The molecule has 0 saturated heterocycles. The van der Waals surface area contributed by atoms with Crippen molar-refractivity contribution in [3.05, 3.63) is 89.9 Å². The van der Waals surface area contributed by atoms with Crippen LogP contribution >= 0.6 is 0 Å². The summed E-state index contributed by atoms with van der Waals surface area (Å²) >= 11 is 0. The Morgan fingerprint density at radius 3 is 2.55 bits per heavy atom. The van der Waals surface area contributed by atoms with E-state index in [4.69, 9.17) is 10.5 Å². The Morgan fingerprint density at radius 1 is 1.07 bits per heavy atom. The third-order valence-corrected chi connectivity index (χ3v) is 4.94. The van der Waals surface area contributed by atoms with Crippen LogP contribution in [-0.2, 0) is 6.42 Å². The Hall–Kier alpha value is -3.80. The van der Waals surface area contributed by atoms with E-state index in [1.54, 1.807) is 19.4 Å². The minimum Gasteiger partial charge on any atom is -0.497 e. The number of aromatic amines is 1. The lowest BCUT2D eigenvalue weighted by atomic mass is 9.88. The molecule has 0 saturated carbocycles. The number of rotatable bonds is 6. The topological polar surface area (TPSA) is 97.0 Å². The van der Waals surface area contributed by atoms with Crippen LogP contribution in [0.2, 0.25) is 0 Å². The summed E-state index contributed by atoms with van der Waals surface area (Å²) in [6.07, 6.45) is 4.29. The number of aromatic nitrogens is 3. The van der Waals surface area contributed by atoms with Gasteiger partial charge in [-0.05, 0) is 41.3 Å². The summed E-state index contributed by atoms with van der Waals surface area (Å²) in [5, 5.41) is 9.43. The van der Waals surface area contributed by atoms with Gasteiger partial charge in [0.1, 0.15) is 5.75 Å². The first-order valence-corrected chi connectivity index (χ1v) is 9.31. The largest absolute Gasteiger partial charge is 0.497 e. The number of nitrogens with two attached hydrogens (primary N) is 1. The molecule has 1 atom stereocenters. The number of H-pyrrole nitrogens is 1. The number of anilines is 1. The molecule has 4 rings (SSSR count). The van der Waals surface area contributed by atoms with Crippen molar-refractivity contribution < 1.29 is 9.84 Å². The number of nitrogens with zero attached hydrogens (tertiary/aromatic N) is 2. The van der Waals surface area contributed by atoms with Crippen molar-refractivity contribution >= 4 is 5.95 Å². The van der Waals surface area contributed by atoms with Gasteiger partial charge in [0.2, 0.25) is 5.88 Å². The molecule has 4 aromatic rings. The summed E-state index contributed by atoms with van der Waals surface area (Å²) in [6.45, 7) is 0. The van der Waals surface area contributed by atoms with Crippen LogP contribution in [-0.4, -0.2) is 27.2 Å². The van der Waals surface area contributed by atoms with Crippen molar-refractivity contribution in [3.8, 4) is 22.8 Å². The molecule has 1 unspecified atom stereocenters. The zero-order valence-electron chi connectivity index (χ0n) is 16.0. The molecule has 146 valence electrons. The third kappa shape index (κ3) is 4.21. The Morgan fingerprint density at radius 2 is 1.90 bits per heavy atom. The van der Waals surface area contributed by atoms with Crippen molar-refractivity contribution in [2.45, 2.75) is 12.3 Å². The highest BCUT2D eigenvalue weighted by Crippen LogP contribution is 2.30. The second-order valence-electron chi connectivity index (χ2n) is 6.85. The number of nitrogens with one attached hydrogen (secondary N) is 1. The summed E-state index contributed by atoms with van der Waals surface area (Å²) < 4.78 is 5.28. The maximum absolute atomic E-state index is 9.43. The summed E-state index contributed by atoms with van der Waals surface area (Å²) in [6, 6.07) is 19.8. The molecule has 0 fully saturated rings. The van der Waals surface area contributed by atoms with Crippen LogP contribution in [0.25, 0.3) is 11.1 Å². The van der Waals surface area contributed by atoms with E-state index in [-0.39, 0.29) is 11.8 Å². The van der Waals surface area contributed by atoms with Gasteiger partial charge in [-0.25, -0.2) is 9.97 Å². The van der Waals surface area contributed by atoms with Gasteiger partial charge in [0, 0.05) is 29.9 Å². The number of pyridine rings is 1. The standard InChI is InChI=1S/C23H22N4O2/c1-29-19-8-5-16(6-9-19)20(21-14-26-23(24)27-21)12-15-3-2-4-17(11-15)18-7-10-22(28)25-13-18/h2-11,13-14,20H,12H2,1H3,(H,25,28)(H3,24,26,27). The summed E-state index contributed by atoms with van der Waals surface area (Å²) in [5.74, 6) is 1.28. The Labute approximate surface area is 169 Å². The van der Waals surface area contributed by atoms with E-state index in [2.05, 4.69) is 39.2 Å². The van der Waals surface area contributed by atoms with Crippen molar-refractivity contribution in [3.63, 3.8) is 0 Å². The highest BCUT2D eigenvalue weighted by Gasteiger charge is 2.18. The monoisotopic (exact) mass is 386 g/mol. The second-order valence-corrected chi connectivity index (χ2v) is 6.85. The average molecular weight is 386 g/mol. The van der Waals surface area contributed by atoms with Gasteiger partial charge in [0.25, 0.3) is 0 Å². The number of ether oxygens (including phenoxy) is 1. The van der Waals surface area contributed by atoms with E-state index in [1.165, 1.54) is 0 Å². The number of methoxy groups -OCH3 is 1. The molecular formula is C23H22N4O2. The first-order chi connectivity index (χ1) is 14.1. The van der Waals surface area contributed by atoms with E-state index < -0.39 is 0 Å². The molecule has 6 heteroatoms. The molecule has 2 heterocycles. The molecule has 0 amide bonds. The van der Waals surface area contributed by atoms with Crippen LogP contribution in [0.5, 0.6) is 11.6 Å². The van der Waals surface area contributed by atoms with Gasteiger partial charge < -0.3 is 20.6 Å². The predicted octanol–water partition coefficient (Wildman–Crippen LogP) is 4.14. The van der Waals surface area contributed by atoms with Crippen molar-refractivity contribution in [1.82, 2.24) is 15.0 Å². The molecule has 0 bridgehead atoms. The average Bonchev–Trinajstić information content (AvgIpc) is 3.19. The zero-order chi connectivity index (χ0) is 20.2. The lowest BCUT2D eigenvalue weighted by Crippen LogP contribution is -2.06. The van der Waals surface area contributed by atoms with E-state index in [0.717, 1.165) is 40.1 Å². The normalized spacial score (nSPS) is 11.9. The molecule has 0 aliphatic rings. The van der Waals surface area contributed by atoms with Crippen LogP contribution < -0.4 is 10.5 Å². The molecule has 29 heavy (non-hydrogen) atoms. The van der Waals surface area contributed by atoms with Crippen LogP contribution in [0, 0.1) is 0 Å².